The van der Waals surface area contributed by atoms with E-state index in [-0.39, 0.29) is 32.7 Å². The molecule has 0 amide bonds. The average Bonchev–Trinajstić information content (AvgIpc) is 2.15. The van der Waals surface area contributed by atoms with Gasteiger partial charge in [-0.05, 0) is 12.2 Å². The van der Waals surface area contributed by atoms with E-state index in [1.165, 1.54) is 13.8 Å². The van der Waals surface area contributed by atoms with Crippen molar-refractivity contribution in [2.24, 2.45) is 0 Å². The van der Waals surface area contributed by atoms with Crippen molar-refractivity contribution >= 4 is 11.9 Å². The molecule has 0 aliphatic carbocycles. The number of carbonyl (C=O) groups is 2. The standard InChI is InChI=1S/2C3H7NO3.2H2O.Ti/c2*1-2(5)3(6)7-4;;;/h2*2H,1,4H3;2*1H2;/q;;;;+4/p-2. The van der Waals surface area contributed by atoms with Gasteiger partial charge in [-0.2, -0.15) is 11.8 Å². The first-order chi connectivity index (χ1) is 6.36. The zero-order valence-electron chi connectivity index (χ0n) is 9.41. The first-order valence-electron chi connectivity index (χ1n) is 3.60. The average molecular weight is 292 g/mol. The Morgan fingerprint density at radius 1 is 0.941 bits per heavy atom. The van der Waals surface area contributed by atoms with Crippen LogP contribution in [0, 0.1) is 0 Å². The Labute approximate surface area is 112 Å². The first kappa shape index (κ1) is 29.9. The number of carbonyl (C=O) groups excluding carboxylic acids is 2. The summed E-state index contributed by atoms with van der Waals surface area (Å²) in [4.78, 5) is 27.4. The van der Waals surface area contributed by atoms with Crippen LogP contribution in [0.25, 0.3) is 0 Å². The van der Waals surface area contributed by atoms with E-state index in [1.807, 2.05) is 0 Å². The molecular formula is C6H16N2O8Ti+2. The quantitative estimate of drug-likeness (QED) is 0.368. The molecule has 0 aliphatic rings. The molecule has 17 heavy (non-hydrogen) atoms. The molecule has 0 bridgehead atoms. The van der Waals surface area contributed by atoms with Gasteiger partial charge < -0.3 is 21.2 Å². The van der Waals surface area contributed by atoms with Crippen LogP contribution in [0.2, 0.25) is 0 Å². The zero-order chi connectivity index (χ0) is 11.7. The molecular weight excluding hydrogens is 276 g/mol. The summed E-state index contributed by atoms with van der Waals surface area (Å²) in [6, 6.07) is 0. The summed E-state index contributed by atoms with van der Waals surface area (Å²) in [7, 11) is 0. The van der Waals surface area contributed by atoms with Gasteiger partial charge in [0.1, 0.15) is 0 Å². The monoisotopic (exact) mass is 292 g/mol. The fourth-order valence-corrected chi connectivity index (χ4v) is 0.235. The summed E-state index contributed by atoms with van der Waals surface area (Å²) in [5, 5.41) is 19.9. The summed E-state index contributed by atoms with van der Waals surface area (Å²) in [5.74, 6) is 3.88. The molecule has 0 spiro atoms. The second kappa shape index (κ2) is 17.8. The molecule has 0 fully saturated rings. The molecule has 0 rings (SSSR count). The van der Waals surface area contributed by atoms with Crippen LogP contribution < -0.4 is 22.0 Å². The molecule has 8 N–H and O–H groups in total. The zero-order valence-corrected chi connectivity index (χ0v) is 11.0. The molecule has 2 atom stereocenters. The van der Waals surface area contributed by atoms with Gasteiger partial charge in [-0.15, -0.1) is 0 Å². The Balaban J connectivity index is -0.0000000480. The first-order valence-corrected chi connectivity index (χ1v) is 3.60. The molecule has 100 valence electrons. The summed E-state index contributed by atoms with van der Waals surface area (Å²) >= 11 is 0. The van der Waals surface area contributed by atoms with Crippen molar-refractivity contribution in [1.29, 1.82) is 0 Å². The molecule has 11 heteroatoms. The van der Waals surface area contributed by atoms with Gasteiger partial charge >= 0.3 is 33.7 Å². The molecule has 0 aliphatic heterocycles. The normalized spacial score (nSPS) is 10.7. The number of rotatable bonds is 2. The van der Waals surface area contributed by atoms with Gasteiger partial charge in [0.2, 0.25) is 0 Å². The third kappa shape index (κ3) is 21.3. The number of hydrogen-bond acceptors (Lipinski definition) is 8. The van der Waals surface area contributed by atoms with E-state index in [2.05, 4.69) is 21.5 Å². The third-order valence-corrected chi connectivity index (χ3v) is 0.948. The van der Waals surface area contributed by atoms with Gasteiger partial charge in [0.15, 0.2) is 0 Å². The summed E-state index contributed by atoms with van der Waals surface area (Å²) in [5.41, 5.74) is 0. The van der Waals surface area contributed by atoms with Gasteiger partial charge in [0, 0.05) is 0 Å². The van der Waals surface area contributed by atoms with Crippen molar-refractivity contribution in [3.05, 3.63) is 0 Å². The Morgan fingerprint density at radius 3 is 1.12 bits per heavy atom. The number of quaternary nitrogens is 2. The minimum absolute atomic E-state index is 0. The third-order valence-electron chi connectivity index (χ3n) is 0.948. The van der Waals surface area contributed by atoms with Crippen molar-refractivity contribution in [2.45, 2.75) is 26.1 Å². The van der Waals surface area contributed by atoms with E-state index in [1.54, 1.807) is 0 Å². The maximum absolute atomic E-state index is 9.94. The van der Waals surface area contributed by atoms with Gasteiger partial charge in [-0.25, -0.2) is 9.59 Å². The molecule has 0 radical (unpaired) electrons. The molecule has 0 aromatic heterocycles. The van der Waals surface area contributed by atoms with Crippen molar-refractivity contribution in [3.8, 4) is 0 Å². The van der Waals surface area contributed by atoms with Crippen LogP contribution in [-0.2, 0) is 41.0 Å². The second-order valence-corrected chi connectivity index (χ2v) is 2.21. The Hall–Kier alpha value is -0.586. The van der Waals surface area contributed by atoms with Gasteiger partial charge in [0.25, 0.3) is 0 Å². The Morgan fingerprint density at radius 2 is 1.12 bits per heavy atom. The van der Waals surface area contributed by atoms with Crippen LogP contribution in [0.1, 0.15) is 13.8 Å². The van der Waals surface area contributed by atoms with E-state index in [9.17, 15) is 19.8 Å². The number of hydrogen-bond donors (Lipinski definition) is 2. The largest absolute Gasteiger partial charge is 4.00 e. The smallest absolute Gasteiger partial charge is 0.870 e. The molecule has 0 heterocycles. The molecule has 2 unspecified atom stereocenters. The van der Waals surface area contributed by atoms with E-state index in [4.69, 9.17) is 0 Å². The predicted octanol–water partition coefficient (Wildman–Crippen LogP) is -5.49. The maximum Gasteiger partial charge on any atom is 4.00 e. The van der Waals surface area contributed by atoms with Crippen molar-refractivity contribution in [1.82, 2.24) is 0 Å². The fourth-order valence-electron chi connectivity index (χ4n) is 0.235. The minimum Gasteiger partial charge on any atom is -0.870 e. The second-order valence-electron chi connectivity index (χ2n) is 2.21. The fraction of sp³-hybridized carbons (Fsp3) is 0.667. The van der Waals surface area contributed by atoms with Gasteiger partial charge in [-0.1, -0.05) is 13.8 Å². The molecule has 0 saturated carbocycles. The molecule has 0 saturated heterocycles. The van der Waals surface area contributed by atoms with Crippen LogP contribution >= 0.6 is 0 Å². The summed E-state index contributed by atoms with van der Waals surface area (Å²) < 4.78 is 0. The Bertz CT molecular complexity index is 169. The minimum atomic E-state index is -1.31. The van der Waals surface area contributed by atoms with Crippen LogP contribution in [0.3, 0.4) is 0 Å². The summed E-state index contributed by atoms with van der Waals surface area (Å²) in [6.45, 7) is 2.40. The van der Waals surface area contributed by atoms with Crippen LogP contribution in [0.4, 0.5) is 0 Å². The molecule has 0 aromatic rings. The van der Waals surface area contributed by atoms with Crippen molar-refractivity contribution in [2.75, 3.05) is 0 Å². The van der Waals surface area contributed by atoms with Crippen molar-refractivity contribution in [3.63, 3.8) is 0 Å². The molecule has 0 aromatic carbocycles. The maximum atomic E-state index is 9.94. The van der Waals surface area contributed by atoms with E-state index < -0.39 is 24.1 Å². The topological polar surface area (TPSA) is 214 Å². The SMILES string of the molecule is CC([O-])C(=O)O[NH3+].CC([O-])C(=O)O[NH3+].[OH-].[OH-].[Ti+4]. The van der Waals surface area contributed by atoms with Crippen LogP contribution in [-0.4, -0.2) is 35.1 Å². The van der Waals surface area contributed by atoms with Gasteiger partial charge in [0.05, 0.1) is 0 Å². The molecule has 10 nitrogen and oxygen atoms in total. The van der Waals surface area contributed by atoms with Crippen molar-refractivity contribution < 1.29 is 73.9 Å². The van der Waals surface area contributed by atoms with E-state index >= 15 is 0 Å². The predicted molar refractivity (Wildman–Crippen MR) is 40.8 cm³/mol. The summed E-state index contributed by atoms with van der Waals surface area (Å²) in [6.07, 6.45) is -2.62. The van der Waals surface area contributed by atoms with E-state index in [0.717, 1.165) is 0 Å². The van der Waals surface area contributed by atoms with Crippen LogP contribution in [0.15, 0.2) is 0 Å². The van der Waals surface area contributed by atoms with Crippen LogP contribution in [0.5, 0.6) is 0 Å². The Kier molecular flexibility index (Phi) is 31.3. The van der Waals surface area contributed by atoms with E-state index in [0.29, 0.717) is 0 Å². The van der Waals surface area contributed by atoms with Gasteiger partial charge in [-0.3, -0.25) is 9.68 Å².